The number of hydrogen-bond donors (Lipinski definition) is 4. The van der Waals surface area contributed by atoms with E-state index in [0.29, 0.717) is 13.2 Å². The van der Waals surface area contributed by atoms with Crippen LogP contribution in [0.4, 0.5) is 0 Å². The molecule has 0 aliphatic heterocycles. The molecule has 0 atom stereocenters. The van der Waals surface area contributed by atoms with Crippen molar-refractivity contribution in [2.45, 2.75) is 136 Å². The minimum absolute atomic E-state index is 0.176. The Morgan fingerprint density at radius 3 is 0.629 bits per heavy atom. The molecule has 0 amide bonds. The van der Waals surface area contributed by atoms with E-state index >= 15 is 0 Å². The molecule has 6 nitrogen and oxygen atoms in total. The van der Waals surface area contributed by atoms with E-state index < -0.39 is 11.9 Å². The summed E-state index contributed by atoms with van der Waals surface area (Å²) in [4.78, 5) is 19.2. The highest BCUT2D eigenvalue weighted by Crippen LogP contribution is 2.14. The third kappa shape index (κ3) is 42.9. The van der Waals surface area contributed by atoms with Gasteiger partial charge in [0, 0.05) is 24.4 Å². The number of unbranched alkanes of at least 4 members (excludes halogenated alkanes) is 18. The normalized spacial score (nSPS) is 9.94. The van der Waals surface area contributed by atoms with Crippen molar-refractivity contribution in [3.05, 3.63) is 24.3 Å². The first-order valence-corrected chi connectivity index (χ1v) is 13.7. The SMILES string of the molecule is C=C(C)C(=O)O.C=C(C)C(=O)O.OCCCCCCCCCCCCCCCCCCCCCO. The second-order valence-corrected chi connectivity index (χ2v) is 9.34. The molecule has 4 N–H and O–H groups in total. The number of aliphatic carboxylic acids is 2. The van der Waals surface area contributed by atoms with Crippen LogP contribution in [-0.2, 0) is 9.59 Å². The summed E-state index contributed by atoms with van der Waals surface area (Å²) in [6.45, 7) is 9.94. The van der Waals surface area contributed by atoms with Gasteiger partial charge in [0.25, 0.3) is 0 Å². The average molecular weight is 501 g/mol. The zero-order chi connectivity index (χ0) is 27.2. The van der Waals surface area contributed by atoms with Crippen molar-refractivity contribution in [2.24, 2.45) is 0 Å². The maximum absolute atomic E-state index is 9.60. The first kappa shape index (κ1) is 37.9. The number of rotatable bonds is 22. The fraction of sp³-hybridized carbons (Fsp3) is 0.793. The highest BCUT2D eigenvalue weighted by atomic mass is 16.4. The summed E-state index contributed by atoms with van der Waals surface area (Å²) >= 11 is 0. The molecule has 0 aromatic rings. The fourth-order valence-electron chi connectivity index (χ4n) is 3.23. The van der Waals surface area contributed by atoms with E-state index in [1.165, 1.54) is 123 Å². The van der Waals surface area contributed by atoms with Crippen molar-refractivity contribution in [2.75, 3.05) is 13.2 Å². The van der Waals surface area contributed by atoms with Crippen molar-refractivity contribution in [1.82, 2.24) is 0 Å². The lowest BCUT2D eigenvalue weighted by molar-refractivity contribution is -0.133. The Balaban J connectivity index is -0.000000697. The van der Waals surface area contributed by atoms with Gasteiger partial charge in [-0.3, -0.25) is 0 Å². The zero-order valence-electron chi connectivity index (χ0n) is 22.9. The molecule has 208 valence electrons. The molecular formula is C29H56O6. The number of aliphatic hydroxyl groups excluding tert-OH is 2. The van der Waals surface area contributed by atoms with Crippen LogP contribution in [-0.4, -0.2) is 45.6 Å². The van der Waals surface area contributed by atoms with Crippen LogP contribution in [0.15, 0.2) is 24.3 Å². The third-order valence-corrected chi connectivity index (χ3v) is 5.55. The topological polar surface area (TPSA) is 115 Å². The van der Waals surface area contributed by atoms with Crippen LogP contribution >= 0.6 is 0 Å². The minimum Gasteiger partial charge on any atom is -0.478 e. The van der Waals surface area contributed by atoms with Crippen molar-refractivity contribution in [1.29, 1.82) is 0 Å². The van der Waals surface area contributed by atoms with E-state index in [0.717, 1.165) is 12.8 Å². The highest BCUT2D eigenvalue weighted by Gasteiger charge is 1.95. The average Bonchev–Trinajstić information content (AvgIpc) is 2.81. The summed E-state index contributed by atoms with van der Waals surface area (Å²) in [5, 5.41) is 33.2. The first-order valence-electron chi connectivity index (χ1n) is 13.7. The molecule has 0 saturated heterocycles. The summed E-state index contributed by atoms with van der Waals surface area (Å²) in [5.41, 5.74) is 0.352. The van der Waals surface area contributed by atoms with Crippen molar-refractivity contribution < 1.29 is 30.0 Å². The number of carboxylic acids is 2. The highest BCUT2D eigenvalue weighted by molar-refractivity contribution is 5.85. The smallest absolute Gasteiger partial charge is 0.330 e. The van der Waals surface area contributed by atoms with Crippen LogP contribution < -0.4 is 0 Å². The van der Waals surface area contributed by atoms with Crippen LogP contribution in [0.1, 0.15) is 136 Å². The molecule has 0 saturated carbocycles. The zero-order valence-corrected chi connectivity index (χ0v) is 22.9. The molecule has 0 rings (SSSR count). The Kier molecular flexibility index (Phi) is 35.0. The van der Waals surface area contributed by atoms with Gasteiger partial charge in [-0.05, 0) is 26.7 Å². The number of aliphatic hydroxyl groups is 2. The fourth-order valence-corrected chi connectivity index (χ4v) is 3.23. The molecule has 0 heterocycles. The molecular weight excluding hydrogens is 444 g/mol. The molecule has 0 spiro atoms. The Labute approximate surface area is 215 Å². The second kappa shape index (κ2) is 32.3. The lowest BCUT2D eigenvalue weighted by Gasteiger charge is -2.03. The van der Waals surface area contributed by atoms with Crippen LogP contribution in [0.25, 0.3) is 0 Å². The van der Waals surface area contributed by atoms with Gasteiger partial charge in [0.15, 0.2) is 0 Å². The maximum Gasteiger partial charge on any atom is 0.330 e. The van der Waals surface area contributed by atoms with Gasteiger partial charge in [0.05, 0.1) is 0 Å². The van der Waals surface area contributed by atoms with Crippen molar-refractivity contribution in [3.63, 3.8) is 0 Å². The molecule has 35 heavy (non-hydrogen) atoms. The van der Waals surface area contributed by atoms with Crippen LogP contribution in [0.2, 0.25) is 0 Å². The summed E-state index contributed by atoms with van der Waals surface area (Å²) < 4.78 is 0. The van der Waals surface area contributed by atoms with Gasteiger partial charge in [-0.1, -0.05) is 122 Å². The maximum atomic E-state index is 9.60. The molecule has 0 aromatic heterocycles. The minimum atomic E-state index is -0.935. The molecule has 0 bridgehead atoms. The monoisotopic (exact) mass is 500 g/mol. The van der Waals surface area contributed by atoms with E-state index in [9.17, 15) is 9.59 Å². The Morgan fingerprint density at radius 2 is 0.543 bits per heavy atom. The summed E-state index contributed by atoms with van der Waals surface area (Å²) in [5.74, 6) is -1.87. The van der Waals surface area contributed by atoms with Gasteiger partial charge in [-0.25, -0.2) is 9.59 Å². The Bertz CT molecular complexity index is 433. The van der Waals surface area contributed by atoms with Gasteiger partial charge >= 0.3 is 11.9 Å². The van der Waals surface area contributed by atoms with Gasteiger partial charge in [-0.15, -0.1) is 0 Å². The molecule has 0 aliphatic carbocycles. The quantitative estimate of drug-likeness (QED) is 0.0895. The molecule has 0 fully saturated rings. The van der Waals surface area contributed by atoms with Crippen LogP contribution in [0.5, 0.6) is 0 Å². The number of hydrogen-bond acceptors (Lipinski definition) is 4. The largest absolute Gasteiger partial charge is 0.478 e. The van der Waals surface area contributed by atoms with Crippen molar-refractivity contribution in [3.8, 4) is 0 Å². The standard InChI is InChI=1S/C21H44O2.2C4H6O2/c22-20-18-16-14-12-10-8-6-4-2-1-3-5-7-9-11-13-15-17-19-21-23;2*1-3(2)4(5)6/h22-23H,1-21H2;2*1H2,2H3,(H,5,6). The molecule has 6 heteroatoms. The van der Waals surface area contributed by atoms with E-state index in [1.54, 1.807) is 0 Å². The van der Waals surface area contributed by atoms with Gasteiger partial charge < -0.3 is 20.4 Å². The van der Waals surface area contributed by atoms with Gasteiger partial charge in [0.2, 0.25) is 0 Å². The lowest BCUT2D eigenvalue weighted by atomic mass is 10.0. The molecule has 0 radical (unpaired) electrons. The summed E-state index contributed by atoms with van der Waals surface area (Å²) in [7, 11) is 0. The summed E-state index contributed by atoms with van der Waals surface area (Å²) in [6.07, 6.45) is 25.4. The van der Waals surface area contributed by atoms with E-state index in [1.807, 2.05) is 0 Å². The van der Waals surface area contributed by atoms with E-state index in [-0.39, 0.29) is 11.1 Å². The van der Waals surface area contributed by atoms with Gasteiger partial charge in [-0.2, -0.15) is 0 Å². The number of carboxylic acid groups (broad SMARTS) is 2. The predicted molar refractivity (Wildman–Crippen MR) is 147 cm³/mol. The van der Waals surface area contributed by atoms with Gasteiger partial charge in [0.1, 0.15) is 0 Å². The predicted octanol–water partition coefficient (Wildman–Crippen LogP) is 7.68. The molecule has 0 aliphatic rings. The third-order valence-electron chi connectivity index (χ3n) is 5.55. The summed E-state index contributed by atoms with van der Waals surface area (Å²) in [6, 6.07) is 0. The Morgan fingerprint density at radius 1 is 0.429 bits per heavy atom. The number of carbonyl (C=O) groups is 2. The van der Waals surface area contributed by atoms with Crippen LogP contribution in [0.3, 0.4) is 0 Å². The first-order chi connectivity index (χ1) is 16.7. The lowest BCUT2D eigenvalue weighted by Crippen LogP contribution is -1.92. The van der Waals surface area contributed by atoms with E-state index in [2.05, 4.69) is 13.2 Å². The molecule has 0 unspecified atom stereocenters. The second-order valence-electron chi connectivity index (χ2n) is 9.34. The Hall–Kier alpha value is -1.66. The van der Waals surface area contributed by atoms with Crippen molar-refractivity contribution >= 4 is 11.9 Å². The van der Waals surface area contributed by atoms with E-state index in [4.69, 9.17) is 20.4 Å². The molecule has 0 aromatic carbocycles. The van der Waals surface area contributed by atoms with Crippen LogP contribution in [0, 0.1) is 0 Å².